The van der Waals surface area contributed by atoms with Crippen LogP contribution < -0.4 is 21.9 Å². The molecular formula is C24H31N5O3. The van der Waals surface area contributed by atoms with E-state index in [1.807, 2.05) is 45.9 Å². The number of rotatable bonds is 8. The van der Waals surface area contributed by atoms with E-state index in [-0.39, 0.29) is 17.4 Å². The molecule has 3 aromatic rings. The summed E-state index contributed by atoms with van der Waals surface area (Å²) < 4.78 is 1.34. The van der Waals surface area contributed by atoms with Crippen LogP contribution in [0.4, 0.5) is 11.5 Å². The number of nitrogens with zero attached hydrogens (tertiary/aromatic N) is 3. The topological polar surface area (TPSA) is 114 Å². The number of aryl methyl sites for hydroxylation is 2. The number of hydrogen-bond acceptors (Lipinski definition) is 5. The van der Waals surface area contributed by atoms with Gasteiger partial charge in [0.1, 0.15) is 5.82 Å². The normalized spacial score (nSPS) is 11.1. The number of fused-ring (bicyclic) bond motifs is 1. The van der Waals surface area contributed by atoms with Gasteiger partial charge < -0.3 is 10.6 Å². The third-order valence-electron chi connectivity index (χ3n) is 5.52. The van der Waals surface area contributed by atoms with Gasteiger partial charge in [0.15, 0.2) is 5.69 Å². The van der Waals surface area contributed by atoms with E-state index >= 15 is 0 Å². The van der Waals surface area contributed by atoms with Crippen molar-refractivity contribution < 1.29 is 4.79 Å². The Hall–Kier alpha value is -3.42. The minimum atomic E-state index is -0.657. The molecule has 0 saturated heterocycles. The molecule has 170 valence electrons. The van der Waals surface area contributed by atoms with Crippen LogP contribution in [0, 0.1) is 13.8 Å². The first-order valence-corrected chi connectivity index (χ1v) is 11.1. The molecule has 0 fully saturated rings. The molecule has 32 heavy (non-hydrogen) atoms. The number of unbranched alkanes of at least 4 members (excludes halogenated alkanes) is 2. The summed E-state index contributed by atoms with van der Waals surface area (Å²) in [6.45, 7) is 8.48. The van der Waals surface area contributed by atoms with Crippen molar-refractivity contribution in [1.29, 1.82) is 0 Å². The van der Waals surface area contributed by atoms with Crippen molar-refractivity contribution in [3.05, 3.63) is 61.9 Å². The van der Waals surface area contributed by atoms with Crippen molar-refractivity contribution in [3.63, 3.8) is 0 Å². The maximum atomic E-state index is 13.8. The lowest BCUT2D eigenvalue weighted by Gasteiger charge is -2.25. The summed E-state index contributed by atoms with van der Waals surface area (Å²) in [7, 11) is 0. The minimum Gasteiger partial charge on any atom is -0.383 e. The molecule has 0 spiro atoms. The molecule has 0 atom stereocenters. The summed E-state index contributed by atoms with van der Waals surface area (Å²) in [6.07, 6.45) is 3.10. The van der Waals surface area contributed by atoms with Gasteiger partial charge in [0.2, 0.25) is 0 Å². The van der Waals surface area contributed by atoms with E-state index in [1.165, 1.54) is 9.47 Å². The molecule has 2 heterocycles. The third kappa shape index (κ3) is 4.59. The van der Waals surface area contributed by atoms with Crippen molar-refractivity contribution >= 4 is 28.3 Å². The smallest absolute Gasteiger partial charge is 0.330 e. The summed E-state index contributed by atoms with van der Waals surface area (Å²) >= 11 is 0. The summed E-state index contributed by atoms with van der Waals surface area (Å²) in [6, 6.07) is 7.49. The van der Waals surface area contributed by atoms with Gasteiger partial charge in [0.05, 0.1) is 11.1 Å². The maximum Gasteiger partial charge on any atom is 0.330 e. The van der Waals surface area contributed by atoms with Crippen LogP contribution >= 0.6 is 0 Å². The molecule has 0 aliphatic heterocycles. The highest BCUT2D eigenvalue weighted by Crippen LogP contribution is 2.25. The van der Waals surface area contributed by atoms with Gasteiger partial charge in [0, 0.05) is 24.2 Å². The lowest BCUT2D eigenvalue weighted by molar-refractivity contribution is 0.0987. The van der Waals surface area contributed by atoms with Crippen molar-refractivity contribution in [2.45, 2.75) is 59.9 Å². The van der Waals surface area contributed by atoms with E-state index in [1.54, 1.807) is 6.07 Å². The molecule has 3 rings (SSSR count). The summed E-state index contributed by atoms with van der Waals surface area (Å²) in [5.74, 6) is -0.319. The third-order valence-corrected chi connectivity index (χ3v) is 5.52. The predicted molar refractivity (Wildman–Crippen MR) is 128 cm³/mol. The number of hydrogen-bond donors (Lipinski definition) is 2. The molecule has 0 aliphatic carbocycles. The number of nitrogens with two attached hydrogens (primary N) is 1. The molecule has 3 N–H and O–H groups in total. The number of aromatic amines is 1. The van der Waals surface area contributed by atoms with E-state index in [0.717, 1.165) is 30.2 Å². The number of nitrogens with one attached hydrogen (secondary N) is 1. The van der Waals surface area contributed by atoms with E-state index in [0.29, 0.717) is 36.3 Å². The standard InChI is InChI=1S/C24H31N5O3/c1-5-7-11-28(20-21(25)29(12-8-6-2)24(32)27-22(20)30)23(31)18-14-16(4)26-19-10-9-15(3)13-17(18)19/h9-10,13-14H,5-8,11-12,25H2,1-4H3,(H,27,30,32). The quantitative estimate of drug-likeness (QED) is 0.559. The van der Waals surface area contributed by atoms with Gasteiger partial charge in [-0.15, -0.1) is 0 Å². The number of aromatic nitrogens is 3. The number of anilines is 2. The molecule has 0 bridgehead atoms. The molecule has 0 radical (unpaired) electrons. The maximum absolute atomic E-state index is 13.8. The molecule has 2 aromatic heterocycles. The number of amides is 1. The van der Waals surface area contributed by atoms with Crippen molar-refractivity contribution in [2.24, 2.45) is 0 Å². The second-order valence-electron chi connectivity index (χ2n) is 8.14. The van der Waals surface area contributed by atoms with Crippen molar-refractivity contribution in [3.8, 4) is 0 Å². The minimum absolute atomic E-state index is 0.0166. The lowest BCUT2D eigenvalue weighted by Crippen LogP contribution is -2.41. The zero-order valence-electron chi connectivity index (χ0n) is 19.2. The molecule has 8 heteroatoms. The molecule has 0 unspecified atom stereocenters. The molecule has 8 nitrogen and oxygen atoms in total. The Balaban J connectivity index is 2.22. The van der Waals surface area contributed by atoms with Crippen LogP contribution in [0.1, 0.15) is 61.1 Å². The van der Waals surface area contributed by atoms with Crippen LogP contribution in [-0.4, -0.2) is 27.0 Å². The zero-order chi connectivity index (χ0) is 23.4. The van der Waals surface area contributed by atoms with Gasteiger partial charge in [-0.1, -0.05) is 38.3 Å². The number of nitrogen functional groups attached to an aromatic ring is 1. The highest BCUT2D eigenvalue weighted by Gasteiger charge is 2.26. The Morgan fingerprint density at radius 2 is 1.84 bits per heavy atom. The average Bonchev–Trinajstić information content (AvgIpc) is 2.75. The first-order chi connectivity index (χ1) is 15.3. The highest BCUT2D eigenvalue weighted by atomic mass is 16.2. The van der Waals surface area contributed by atoms with Gasteiger partial charge in [-0.25, -0.2) is 4.79 Å². The van der Waals surface area contributed by atoms with E-state index in [4.69, 9.17) is 5.73 Å². The molecule has 0 saturated carbocycles. The summed E-state index contributed by atoms with van der Waals surface area (Å²) in [4.78, 5) is 47.4. The van der Waals surface area contributed by atoms with E-state index in [2.05, 4.69) is 9.97 Å². The fraction of sp³-hybridized carbons (Fsp3) is 0.417. The monoisotopic (exact) mass is 437 g/mol. The first-order valence-electron chi connectivity index (χ1n) is 11.1. The molecule has 0 aliphatic rings. The van der Waals surface area contributed by atoms with Gasteiger partial charge >= 0.3 is 5.69 Å². The van der Waals surface area contributed by atoms with Gasteiger partial charge in [-0.2, -0.15) is 0 Å². The van der Waals surface area contributed by atoms with Gasteiger partial charge in [0.25, 0.3) is 11.5 Å². The van der Waals surface area contributed by atoms with Crippen LogP contribution in [-0.2, 0) is 6.54 Å². The highest BCUT2D eigenvalue weighted by molar-refractivity contribution is 6.14. The van der Waals surface area contributed by atoms with Crippen molar-refractivity contribution in [2.75, 3.05) is 17.2 Å². The largest absolute Gasteiger partial charge is 0.383 e. The number of H-pyrrole nitrogens is 1. The number of benzene rings is 1. The fourth-order valence-corrected chi connectivity index (χ4v) is 3.80. The second kappa shape index (κ2) is 9.80. The Bertz CT molecular complexity index is 1260. The number of carbonyl (C=O) groups is 1. The number of pyridine rings is 1. The fourth-order valence-electron chi connectivity index (χ4n) is 3.80. The Morgan fingerprint density at radius 1 is 1.12 bits per heavy atom. The molecule has 1 aromatic carbocycles. The second-order valence-corrected chi connectivity index (χ2v) is 8.14. The zero-order valence-corrected chi connectivity index (χ0v) is 19.2. The van der Waals surface area contributed by atoms with Crippen LogP contribution in [0.5, 0.6) is 0 Å². The molecule has 1 amide bonds. The Morgan fingerprint density at radius 3 is 2.53 bits per heavy atom. The average molecular weight is 438 g/mol. The number of carbonyl (C=O) groups excluding carboxylic acids is 1. The van der Waals surface area contributed by atoms with Crippen LogP contribution in [0.2, 0.25) is 0 Å². The van der Waals surface area contributed by atoms with Crippen LogP contribution in [0.25, 0.3) is 10.9 Å². The van der Waals surface area contributed by atoms with Crippen molar-refractivity contribution in [1.82, 2.24) is 14.5 Å². The first kappa shape index (κ1) is 23.2. The van der Waals surface area contributed by atoms with Crippen LogP contribution in [0.15, 0.2) is 33.9 Å². The van der Waals surface area contributed by atoms with Crippen LogP contribution in [0.3, 0.4) is 0 Å². The van der Waals surface area contributed by atoms with E-state index < -0.39 is 11.2 Å². The Labute approximate surface area is 187 Å². The summed E-state index contributed by atoms with van der Waals surface area (Å²) in [5, 5.41) is 0.719. The summed E-state index contributed by atoms with van der Waals surface area (Å²) in [5.41, 5.74) is 8.00. The van der Waals surface area contributed by atoms with Gasteiger partial charge in [-0.05, 0) is 44.9 Å². The molecular weight excluding hydrogens is 406 g/mol. The predicted octanol–water partition coefficient (Wildman–Crippen LogP) is 3.53. The SMILES string of the molecule is CCCCN(C(=O)c1cc(C)nc2ccc(C)cc12)c1c(N)n(CCCC)c(=O)[nH]c1=O. The Kier molecular flexibility index (Phi) is 7.12. The van der Waals surface area contributed by atoms with Gasteiger partial charge in [-0.3, -0.25) is 24.1 Å². The lowest BCUT2D eigenvalue weighted by atomic mass is 10.0. The van der Waals surface area contributed by atoms with E-state index in [9.17, 15) is 14.4 Å².